The Morgan fingerprint density at radius 2 is 2.64 bits per heavy atom. The molecule has 0 aliphatic carbocycles. The van der Waals surface area contributed by atoms with Gasteiger partial charge >= 0.3 is 0 Å². The monoisotopic (exact) mass is 150 g/mol. The predicted molar refractivity (Wildman–Crippen MR) is 40.6 cm³/mol. The van der Waals surface area contributed by atoms with Crippen LogP contribution >= 0.6 is 0 Å². The van der Waals surface area contributed by atoms with Crippen LogP contribution in [0.4, 0.5) is 0 Å². The summed E-state index contributed by atoms with van der Waals surface area (Å²) >= 11 is 0. The lowest BCUT2D eigenvalue weighted by molar-refractivity contribution is 0.685. The normalized spacial score (nSPS) is 9.45. The lowest BCUT2D eigenvalue weighted by atomic mass is 10.5. The molecule has 0 spiro atoms. The van der Waals surface area contributed by atoms with Crippen molar-refractivity contribution < 1.29 is 0 Å². The second kappa shape index (κ2) is 3.74. The molecule has 0 atom stereocenters. The number of nitriles is 1. The Balaban J connectivity index is 2.71. The molecule has 0 unspecified atom stereocenters. The number of hydrogen-bond acceptors (Lipinski definition) is 3. The van der Waals surface area contributed by atoms with Crippen LogP contribution in [0.25, 0.3) is 0 Å². The molecule has 0 saturated heterocycles. The maximum Gasteiger partial charge on any atom is 0.123 e. The highest BCUT2D eigenvalue weighted by molar-refractivity contribution is 4.94. The molecule has 1 heterocycles. The number of nitrogens with one attached hydrogen (secondary N) is 1. The fraction of sp³-hybridized carbons (Fsp3) is 0.429. The molecule has 4 nitrogen and oxygen atoms in total. The molecule has 1 rings (SSSR count). The minimum Gasteiger partial charge on any atom is -0.320 e. The Morgan fingerprint density at radius 3 is 3.27 bits per heavy atom. The summed E-state index contributed by atoms with van der Waals surface area (Å²) in [6.07, 6.45) is 3.50. The van der Waals surface area contributed by atoms with Gasteiger partial charge in [0, 0.05) is 12.4 Å². The number of imidazole rings is 1. The lowest BCUT2D eigenvalue weighted by Crippen LogP contribution is -2.11. The first-order valence-corrected chi connectivity index (χ1v) is 3.40. The predicted octanol–water partition coefficient (Wildman–Crippen LogP) is 0.126. The van der Waals surface area contributed by atoms with Crippen LogP contribution in [0.1, 0.15) is 5.82 Å². The third kappa shape index (κ3) is 1.79. The van der Waals surface area contributed by atoms with Gasteiger partial charge in [0.1, 0.15) is 12.4 Å². The summed E-state index contributed by atoms with van der Waals surface area (Å²) < 4.78 is 1.82. The molecule has 11 heavy (non-hydrogen) atoms. The molecule has 4 heteroatoms. The van der Waals surface area contributed by atoms with Crippen molar-refractivity contribution in [2.75, 3.05) is 7.05 Å². The van der Waals surface area contributed by atoms with Gasteiger partial charge in [-0.1, -0.05) is 0 Å². The van der Waals surface area contributed by atoms with Crippen LogP contribution < -0.4 is 5.32 Å². The molecule has 0 aliphatic heterocycles. The molecule has 1 aromatic rings. The van der Waals surface area contributed by atoms with Crippen molar-refractivity contribution in [2.24, 2.45) is 0 Å². The molecular formula is C7H10N4. The third-order valence-electron chi connectivity index (χ3n) is 1.38. The summed E-state index contributed by atoms with van der Waals surface area (Å²) in [6.45, 7) is 1.08. The lowest BCUT2D eigenvalue weighted by Gasteiger charge is -2.00. The zero-order valence-electron chi connectivity index (χ0n) is 6.41. The first-order chi connectivity index (χ1) is 5.38. The molecule has 58 valence electrons. The highest BCUT2D eigenvalue weighted by atomic mass is 15.1. The summed E-state index contributed by atoms with van der Waals surface area (Å²) in [4.78, 5) is 4.07. The van der Waals surface area contributed by atoms with Gasteiger partial charge in [0.2, 0.25) is 0 Å². The smallest absolute Gasteiger partial charge is 0.123 e. The van der Waals surface area contributed by atoms with E-state index in [0.29, 0.717) is 13.1 Å². The average molecular weight is 150 g/mol. The van der Waals surface area contributed by atoms with Crippen molar-refractivity contribution in [3.05, 3.63) is 18.2 Å². The second-order valence-corrected chi connectivity index (χ2v) is 2.16. The highest BCUT2D eigenvalue weighted by Gasteiger charge is 1.98. The highest BCUT2D eigenvalue weighted by Crippen LogP contribution is 1.95. The van der Waals surface area contributed by atoms with Crippen molar-refractivity contribution in [1.29, 1.82) is 5.26 Å². The van der Waals surface area contributed by atoms with Gasteiger partial charge in [-0.2, -0.15) is 5.26 Å². The van der Waals surface area contributed by atoms with Crippen LogP contribution in [0.2, 0.25) is 0 Å². The molecule has 0 fully saturated rings. The number of hydrogen-bond donors (Lipinski definition) is 1. The Kier molecular flexibility index (Phi) is 2.64. The first kappa shape index (κ1) is 7.76. The Morgan fingerprint density at radius 1 is 1.82 bits per heavy atom. The molecule has 0 bridgehead atoms. The van der Waals surface area contributed by atoms with Crippen molar-refractivity contribution in [3.63, 3.8) is 0 Å². The van der Waals surface area contributed by atoms with E-state index in [9.17, 15) is 0 Å². The second-order valence-electron chi connectivity index (χ2n) is 2.16. The van der Waals surface area contributed by atoms with Gasteiger partial charge < -0.3 is 9.88 Å². The van der Waals surface area contributed by atoms with Crippen LogP contribution in [0.3, 0.4) is 0 Å². The van der Waals surface area contributed by atoms with E-state index >= 15 is 0 Å². The minimum atomic E-state index is 0.372. The molecule has 0 aromatic carbocycles. The third-order valence-corrected chi connectivity index (χ3v) is 1.38. The number of rotatable bonds is 3. The van der Waals surface area contributed by atoms with E-state index in [1.165, 1.54) is 0 Å². The van der Waals surface area contributed by atoms with Crippen LogP contribution in [0.15, 0.2) is 12.4 Å². The van der Waals surface area contributed by atoms with Crippen LogP contribution in [-0.4, -0.2) is 16.6 Å². The summed E-state index contributed by atoms with van der Waals surface area (Å²) in [7, 11) is 1.85. The van der Waals surface area contributed by atoms with Gasteiger partial charge in [-0.25, -0.2) is 4.98 Å². The van der Waals surface area contributed by atoms with E-state index in [0.717, 1.165) is 5.82 Å². The Hall–Kier alpha value is -1.34. The quantitative estimate of drug-likeness (QED) is 0.666. The number of aromatic nitrogens is 2. The molecule has 0 radical (unpaired) electrons. The zero-order chi connectivity index (χ0) is 8.10. The van der Waals surface area contributed by atoms with Gasteiger partial charge in [-0.05, 0) is 7.05 Å². The Bertz CT molecular complexity index is 258. The van der Waals surface area contributed by atoms with Gasteiger partial charge in [0.15, 0.2) is 0 Å². The van der Waals surface area contributed by atoms with Crippen LogP contribution in [0.5, 0.6) is 0 Å². The van der Waals surface area contributed by atoms with Gasteiger partial charge in [-0.15, -0.1) is 0 Å². The summed E-state index contributed by atoms with van der Waals surface area (Å²) in [6, 6.07) is 2.06. The van der Waals surface area contributed by atoms with E-state index in [-0.39, 0.29) is 0 Å². The van der Waals surface area contributed by atoms with Crippen molar-refractivity contribution in [1.82, 2.24) is 14.9 Å². The van der Waals surface area contributed by atoms with E-state index in [1.807, 2.05) is 11.6 Å². The molecule has 0 aliphatic rings. The topological polar surface area (TPSA) is 53.6 Å². The summed E-state index contributed by atoms with van der Waals surface area (Å²) in [5, 5.41) is 11.4. The maximum atomic E-state index is 8.41. The minimum absolute atomic E-state index is 0.372. The summed E-state index contributed by atoms with van der Waals surface area (Å²) in [5.74, 6) is 0.897. The average Bonchev–Trinajstić information content (AvgIpc) is 2.39. The first-order valence-electron chi connectivity index (χ1n) is 3.40. The van der Waals surface area contributed by atoms with E-state index in [4.69, 9.17) is 5.26 Å². The van der Waals surface area contributed by atoms with E-state index in [2.05, 4.69) is 16.4 Å². The van der Waals surface area contributed by atoms with Crippen molar-refractivity contribution in [2.45, 2.75) is 13.1 Å². The zero-order valence-corrected chi connectivity index (χ0v) is 6.41. The van der Waals surface area contributed by atoms with Crippen molar-refractivity contribution in [3.8, 4) is 6.07 Å². The van der Waals surface area contributed by atoms with E-state index < -0.39 is 0 Å². The van der Waals surface area contributed by atoms with Crippen LogP contribution in [0, 0.1) is 11.3 Å². The SMILES string of the molecule is CNCc1nccn1CC#N. The van der Waals surface area contributed by atoms with Crippen molar-refractivity contribution >= 4 is 0 Å². The van der Waals surface area contributed by atoms with Gasteiger partial charge in [0.05, 0.1) is 12.6 Å². The number of nitrogens with zero attached hydrogens (tertiary/aromatic N) is 3. The molecule has 1 aromatic heterocycles. The van der Waals surface area contributed by atoms with Gasteiger partial charge in [0.25, 0.3) is 0 Å². The largest absolute Gasteiger partial charge is 0.320 e. The molecule has 0 amide bonds. The standard InChI is InChI=1S/C7H10N4/c1-9-6-7-10-3-5-11(7)4-2-8/h3,5,9H,4,6H2,1H3. The van der Waals surface area contributed by atoms with Crippen LogP contribution in [-0.2, 0) is 13.1 Å². The molecule has 0 saturated carbocycles. The summed E-state index contributed by atoms with van der Waals surface area (Å²) in [5.41, 5.74) is 0. The maximum absolute atomic E-state index is 8.41. The molecular weight excluding hydrogens is 140 g/mol. The van der Waals surface area contributed by atoms with E-state index in [1.54, 1.807) is 12.4 Å². The Labute approximate surface area is 65.5 Å². The molecule has 1 N–H and O–H groups in total. The fourth-order valence-corrected chi connectivity index (χ4v) is 0.885. The van der Waals surface area contributed by atoms with Gasteiger partial charge in [-0.3, -0.25) is 0 Å². The fourth-order valence-electron chi connectivity index (χ4n) is 0.885.